The van der Waals surface area contributed by atoms with Gasteiger partial charge in [0.05, 0.1) is 11.3 Å². The van der Waals surface area contributed by atoms with Gasteiger partial charge in [0, 0.05) is 41.8 Å². The molecule has 2 aromatic carbocycles. The molecule has 2 aromatic rings. The minimum atomic E-state index is -0.639. The third-order valence-corrected chi connectivity index (χ3v) is 6.91. The van der Waals surface area contributed by atoms with Crippen LogP contribution in [0.4, 0.5) is 0 Å². The molecular formula is C24H24Cl2N2O4. The molecule has 4 rings (SSSR count). The summed E-state index contributed by atoms with van der Waals surface area (Å²) >= 11 is 13.0. The number of piperidine rings is 1. The van der Waals surface area contributed by atoms with Gasteiger partial charge in [0.2, 0.25) is 17.7 Å². The predicted octanol–water partition coefficient (Wildman–Crippen LogP) is 3.88. The van der Waals surface area contributed by atoms with Crippen LogP contribution < -0.4 is 10.6 Å². The van der Waals surface area contributed by atoms with Gasteiger partial charge in [-0.3, -0.25) is 19.7 Å². The van der Waals surface area contributed by atoms with E-state index in [9.17, 15) is 14.4 Å². The number of carbonyl (C=O) groups is 3. The first-order valence-corrected chi connectivity index (χ1v) is 11.4. The van der Waals surface area contributed by atoms with Gasteiger partial charge in [0.1, 0.15) is 0 Å². The molecule has 1 atom stereocenters. The summed E-state index contributed by atoms with van der Waals surface area (Å²) in [6.07, 6.45) is 1.83. The molecule has 0 spiro atoms. The third kappa shape index (κ3) is 4.53. The lowest BCUT2D eigenvalue weighted by atomic mass is 9.73. The molecule has 32 heavy (non-hydrogen) atoms. The van der Waals surface area contributed by atoms with E-state index in [1.165, 1.54) is 0 Å². The fourth-order valence-corrected chi connectivity index (χ4v) is 5.31. The lowest BCUT2D eigenvalue weighted by molar-refractivity contribution is -0.134. The summed E-state index contributed by atoms with van der Waals surface area (Å²) in [6, 6.07) is 13.2. The Labute approximate surface area is 196 Å². The largest absolute Gasteiger partial charge is 0.381 e. The molecule has 2 aliphatic heterocycles. The fraction of sp³-hybridized carbons (Fsp3) is 0.375. The number of imide groups is 1. The fourth-order valence-electron chi connectivity index (χ4n) is 4.52. The second kappa shape index (κ2) is 9.61. The second-order valence-electron chi connectivity index (χ2n) is 8.22. The van der Waals surface area contributed by atoms with E-state index in [-0.39, 0.29) is 24.8 Å². The van der Waals surface area contributed by atoms with Crippen molar-refractivity contribution in [3.63, 3.8) is 0 Å². The minimum Gasteiger partial charge on any atom is -0.381 e. The summed E-state index contributed by atoms with van der Waals surface area (Å²) in [6.45, 7) is 1.31. The van der Waals surface area contributed by atoms with Crippen molar-refractivity contribution in [1.82, 2.24) is 10.6 Å². The first-order valence-electron chi connectivity index (χ1n) is 10.6. The quantitative estimate of drug-likeness (QED) is 0.643. The number of ether oxygens (including phenoxy) is 1. The highest BCUT2D eigenvalue weighted by molar-refractivity contribution is 6.36. The topological polar surface area (TPSA) is 84.5 Å². The van der Waals surface area contributed by atoms with E-state index in [1.807, 2.05) is 30.3 Å². The van der Waals surface area contributed by atoms with Crippen LogP contribution in [0.1, 0.15) is 48.3 Å². The smallest absolute Gasteiger partial charge is 0.234 e. The Morgan fingerprint density at radius 2 is 1.75 bits per heavy atom. The Bertz CT molecular complexity index is 1010. The van der Waals surface area contributed by atoms with Crippen LogP contribution in [0.2, 0.25) is 10.0 Å². The average molecular weight is 475 g/mol. The molecule has 0 bridgehead atoms. The molecule has 0 aromatic heterocycles. The molecule has 2 N–H and O–H groups in total. The Balaban J connectivity index is 1.51. The number of hydrogen-bond acceptors (Lipinski definition) is 4. The van der Waals surface area contributed by atoms with Crippen LogP contribution in [0.25, 0.3) is 0 Å². The van der Waals surface area contributed by atoms with E-state index in [1.54, 1.807) is 12.1 Å². The van der Waals surface area contributed by atoms with Gasteiger partial charge in [-0.05, 0) is 42.5 Å². The van der Waals surface area contributed by atoms with Crippen molar-refractivity contribution in [1.29, 1.82) is 0 Å². The maximum Gasteiger partial charge on any atom is 0.234 e. The molecule has 2 fully saturated rings. The maximum absolute atomic E-state index is 13.3. The summed E-state index contributed by atoms with van der Waals surface area (Å²) in [4.78, 5) is 37.0. The normalized spacial score (nSPS) is 20.5. The van der Waals surface area contributed by atoms with E-state index >= 15 is 0 Å². The molecular weight excluding hydrogens is 451 g/mol. The lowest BCUT2D eigenvalue weighted by Crippen LogP contribution is -2.47. The van der Waals surface area contributed by atoms with Gasteiger partial charge in [-0.25, -0.2) is 0 Å². The van der Waals surface area contributed by atoms with Crippen LogP contribution in [-0.4, -0.2) is 30.9 Å². The van der Waals surface area contributed by atoms with Gasteiger partial charge >= 0.3 is 0 Å². The molecule has 168 valence electrons. The number of halogens is 2. The molecule has 2 heterocycles. The van der Waals surface area contributed by atoms with Crippen molar-refractivity contribution < 1.29 is 19.1 Å². The maximum atomic E-state index is 13.3. The Morgan fingerprint density at radius 3 is 2.38 bits per heavy atom. The highest BCUT2D eigenvalue weighted by Crippen LogP contribution is 2.38. The van der Waals surface area contributed by atoms with Gasteiger partial charge in [0.15, 0.2) is 0 Å². The monoisotopic (exact) mass is 474 g/mol. The standard InChI is InChI=1S/C24H24Cl2N2O4/c25-18-12-15(13-19(26)21(18)17-6-7-20(29)28-22(17)30)14-27-23(31)24(8-10-32-11-9-24)16-4-2-1-3-5-16/h1-5,12-13,17H,6-11,14H2,(H,27,31)(H,28,29,30). The van der Waals surface area contributed by atoms with Crippen molar-refractivity contribution in [3.05, 3.63) is 69.2 Å². The number of benzene rings is 2. The van der Waals surface area contributed by atoms with Gasteiger partial charge in [-0.2, -0.15) is 0 Å². The number of nitrogens with one attached hydrogen (secondary N) is 2. The Morgan fingerprint density at radius 1 is 1.09 bits per heavy atom. The van der Waals surface area contributed by atoms with Gasteiger partial charge in [-0.15, -0.1) is 0 Å². The first-order chi connectivity index (χ1) is 15.4. The second-order valence-corrected chi connectivity index (χ2v) is 9.03. The summed E-state index contributed by atoms with van der Waals surface area (Å²) in [5.41, 5.74) is 1.59. The number of rotatable bonds is 5. The van der Waals surface area contributed by atoms with Gasteiger partial charge < -0.3 is 10.1 Å². The minimum absolute atomic E-state index is 0.0616. The number of carbonyl (C=O) groups excluding carboxylic acids is 3. The molecule has 3 amide bonds. The third-order valence-electron chi connectivity index (χ3n) is 6.29. The van der Waals surface area contributed by atoms with E-state index in [0.717, 1.165) is 11.1 Å². The highest BCUT2D eigenvalue weighted by Gasteiger charge is 2.41. The van der Waals surface area contributed by atoms with Crippen molar-refractivity contribution in [2.75, 3.05) is 13.2 Å². The Hall–Kier alpha value is -2.41. The zero-order valence-corrected chi connectivity index (χ0v) is 19.0. The molecule has 2 aliphatic rings. The van der Waals surface area contributed by atoms with E-state index < -0.39 is 17.2 Å². The van der Waals surface area contributed by atoms with Crippen molar-refractivity contribution in [2.45, 2.75) is 43.6 Å². The molecule has 0 aliphatic carbocycles. The average Bonchev–Trinajstić information content (AvgIpc) is 2.79. The molecule has 0 saturated carbocycles. The highest BCUT2D eigenvalue weighted by atomic mass is 35.5. The lowest BCUT2D eigenvalue weighted by Gasteiger charge is -2.36. The molecule has 0 radical (unpaired) electrons. The molecule has 2 saturated heterocycles. The van der Waals surface area contributed by atoms with Crippen LogP contribution in [0.5, 0.6) is 0 Å². The summed E-state index contributed by atoms with van der Waals surface area (Å²) in [5.74, 6) is -1.32. The molecule has 6 nitrogen and oxygen atoms in total. The number of hydrogen-bond donors (Lipinski definition) is 2. The summed E-state index contributed by atoms with van der Waals surface area (Å²) in [5, 5.41) is 6.07. The number of amides is 3. The van der Waals surface area contributed by atoms with E-state index in [0.29, 0.717) is 48.1 Å². The summed E-state index contributed by atoms with van der Waals surface area (Å²) < 4.78 is 5.51. The predicted molar refractivity (Wildman–Crippen MR) is 122 cm³/mol. The van der Waals surface area contributed by atoms with Crippen LogP contribution in [0.3, 0.4) is 0 Å². The summed E-state index contributed by atoms with van der Waals surface area (Å²) in [7, 11) is 0. The molecule has 1 unspecified atom stereocenters. The van der Waals surface area contributed by atoms with Gasteiger partial charge in [0.25, 0.3) is 0 Å². The van der Waals surface area contributed by atoms with Gasteiger partial charge in [-0.1, -0.05) is 53.5 Å². The van der Waals surface area contributed by atoms with Crippen LogP contribution in [0, 0.1) is 0 Å². The van der Waals surface area contributed by atoms with E-state index in [2.05, 4.69) is 10.6 Å². The zero-order chi connectivity index (χ0) is 22.7. The first kappa shape index (κ1) is 22.8. The van der Waals surface area contributed by atoms with Crippen LogP contribution >= 0.6 is 23.2 Å². The van der Waals surface area contributed by atoms with Crippen molar-refractivity contribution in [2.24, 2.45) is 0 Å². The Kier molecular flexibility index (Phi) is 6.84. The van der Waals surface area contributed by atoms with E-state index in [4.69, 9.17) is 27.9 Å². The van der Waals surface area contributed by atoms with Crippen LogP contribution in [-0.2, 0) is 31.1 Å². The molecule has 8 heteroatoms. The zero-order valence-electron chi connectivity index (χ0n) is 17.5. The van der Waals surface area contributed by atoms with Crippen LogP contribution in [0.15, 0.2) is 42.5 Å². The van der Waals surface area contributed by atoms with Crippen molar-refractivity contribution >= 4 is 40.9 Å². The SMILES string of the molecule is O=C1CCC(c2c(Cl)cc(CNC(=O)C3(c4ccccc4)CCOCC3)cc2Cl)C(=O)N1. The van der Waals surface area contributed by atoms with Crippen molar-refractivity contribution in [3.8, 4) is 0 Å².